The van der Waals surface area contributed by atoms with Crippen molar-refractivity contribution < 1.29 is 14.6 Å². The molecule has 0 bridgehead atoms. The summed E-state index contributed by atoms with van der Waals surface area (Å²) in [7, 11) is 1.56. The number of ether oxygens (including phenoxy) is 2. The molecular formula is C24H35IN4O3. The molecule has 1 saturated heterocycles. The molecule has 0 atom stereocenters. The number of para-hydroxylation sites is 1. The molecule has 176 valence electrons. The van der Waals surface area contributed by atoms with Crippen molar-refractivity contribution in [2.45, 2.75) is 26.4 Å². The van der Waals surface area contributed by atoms with E-state index in [1.165, 1.54) is 11.1 Å². The Bertz CT molecular complexity index is 857. The maximum absolute atomic E-state index is 10.3. The third-order valence-corrected chi connectivity index (χ3v) is 5.36. The van der Waals surface area contributed by atoms with Crippen molar-refractivity contribution in [3.63, 3.8) is 0 Å². The Morgan fingerprint density at radius 2 is 1.78 bits per heavy atom. The molecule has 1 fully saturated rings. The van der Waals surface area contributed by atoms with E-state index in [1.54, 1.807) is 13.2 Å². The lowest BCUT2D eigenvalue weighted by Gasteiger charge is -2.27. The van der Waals surface area contributed by atoms with Crippen molar-refractivity contribution in [3.05, 3.63) is 59.2 Å². The average Bonchev–Trinajstić information content (AvgIpc) is 2.80. The van der Waals surface area contributed by atoms with Crippen LogP contribution in [0.25, 0.3) is 0 Å². The second-order valence-electron chi connectivity index (χ2n) is 7.50. The minimum Gasteiger partial charge on any atom is -0.504 e. The van der Waals surface area contributed by atoms with Gasteiger partial charge in [-0.2, -0.15) is 0 Å². The van der Waals surface area contributed by atoms with Crippen LogP contribution in [0.15, 0.2) is 47.5 Å². The molecule has 2 aromatic rings. The van der Waals surface area contributed by atoms with Gasteiger partial charge in [-0.05, 0) is 36.1 Å². The second kappa shape index (κ2) is 14.2. The molecule has 8 heteroatoms. The standard InChI is InChI=1S/C24H34N4O3.HI/c1-3-25-24(26-12-11-19-9-6-10-22(30-2)23(19)29)27-17-20-7-4-5-8-21(20)18-28-13-15-31-16-14-28;/h4-10,29H,3,11-18H2,1-2H3,(H2,25,26,27);1H. The van der Waals surface area contributed by atoms with Gasteiger partial charge < -0.3 is 25.2 Å². The molecule has 7 nitrogen and oxygen atoms in total. The van der Waals surface area contributed by atoms with Crippen molar-refractivity contribution in [2.75, 3.05) is 46.5 Å². The molecule has 0 saturated carbocycles. The van der Waals surface area contributed by atoms with Gasteiger partial charge in [0.25, 0.3) is 0 Å². The van der Waals surface area contributed by atoms with E-state index >= 15 is 0 Å². The number of phenolic OH excluding ortho intramolecular Hbond substituents is 1. The third-order valence-electron chi connectivity index (χ3n) is 5.36. The van der Waals surface area contributed by atoms with Crippen molar-refractivity contribution >= 4 is 29.9 Å². The highest BCUT2D eigenvalue weighted by molar-refractivity contribution is 14.0. The minimum absolute atomic E-state index is 0. The Hall–Kier alpha value is -2.04. The summed E-state index contributed by atoms with van der Waals surface area (Å²) in [6, 6.07) is 14.0. The number of guanidine groups is 1. The van der Waals surface area contributed by atoms with Crippen molar-refractivity contribution in [1.29, 1.82) is 0 Å². The lowest BCUT2D eigenvalue weighted by atomic mass is 10.1. The number of phenols is 1. The number of aliphatic imine (C=N–C) groups is 1. The smallest absolute Gasteiger partial charge is 0.191 e. The molecule has 3 rings (SSSR count). The van der Waals surface area contributed by atoms with Crippen LogP contribution in [0.5, 0.6) is 11.5 Å². The van der Waals surface area contributed by atoms with Gasteiger partial charge in [-0.1, -0.05) is 36.4 Å². The fourth-order valence-corrected chi connectivity index (χ4v) is 3.62. The molecular weight excluding hydrogens is 519 g/mol. The number of aromatic hydroxyl groups is 1. The lowest BCUT2D eigenvalue weighted by molar-refractivity contribution is 0.0341. The van der Waals surface area contributed by atoms with Gasteiger partial charge >= 0.3 is 0 Å². The summed E-state index contributed by atoms with van der Waals surface area (Å²) < 4.78 is 10.6. The van der Waals surface area contributed by atoms with E-state index < -0.39 is 0 Å². The number of nitrogens with zero attached hydrogens (tertiary/aromatic N) is 2. The summed E-state index contributed by atoms with van der Waals surface area (Å²) in [5, 5.41) is 16.9. The van der Waals surface area contributed by atoms with Crippen LogP contribution in [0.4, 0.5) is 0 Å². The van der Waals surface area contributed by atoms with Crippen LogP contribution < -0.4 is 15.4 Å². The summed E-state index contributed by atoms with van der Waals surface area (Å²) in [5.74, 6) is 1.46. The fourth-order valence-electron chi connectivity index (χ4n) is 3.62. The third kappa shape index (κ3) is 7.83. The zero-order valence-electron chi connectivity index (χ0n) is 19.0. The maximum atomic E-state index is 10.3. The molecule has 0 radical (unpaired) electrons. The molecule has 0 aliphatic carbocycles. The van der Waals surface area contributed by atoms with Gasteiger partial charge in [-0.15, -0.1) is 24.0 Å². The second-order valence-corrected chi connectivity index (χ2v) is 7.50. The molecule has 1 aliphatic rings. The van der Waals surface area contributed by atoms with Crippen molar-refractivity contribution in [1.82, 2.24) is 15.5 Å². The van der Waals surface area contributed by atoms with E-state index in [1.807, 2.05) is 12.1 Å². The van der Waals surface area contributed by atoms with E-state index in [4.69, 9.17) is 14.5 Å². The zero-order chi connectivity index (χ0) is 21.9. The molecule has 1 aliphatic heterocycles. The van der Waals surface area contributed by atoms with Crippen LogP contribution in [0.3, 0.4) is 0 Å². The Morgan fingerprint density at radius 1 is 1.06 bits per heavy atom. The van der Waals surface area contributed by atoms with Gasteiger partial charge in [0.1, 0.15) is 0 Å². The normalized spacial score (nSPS) is 14.5. The molecule has 0 spiro atoms. The van der Waals surface area contributed by atoms with Crippen LogP contribution in [0.1, 0.15) is 23.6 Å². The summed E-state index contributed by atoms with van der Waals surface area (Å²) in [5.41, 5.74) is 3.39. The van der Waals surface area contributed by atoms with Gasteiger partial charge in [0.2, 0.25) is 0 Å². The number of methoxy groups -OCH3 is 1. The Labute approximate surface area is 208 Å². The summed E-state index contributed by atoms with van der Waals surface area (Å²) in [6.07, 6.45) is 0.668. The highest BCUT2D eigenvalue weighted by Gasteiger charge is 2.13. The molecule has 3 N–H and O–H groups in total. The number of halogens is 1. The van der Waals surface area contributed by atoms with Gasteiger partial charge in [0.15, 0.2) is 17.5 Å². The van der Waals surface area contributed by atoms with E-state index in [2.05, 4.69) is 46.7 Å². The number of hydrogen-bond acceptors (Lipinski definition) is 5. The minimum atomic E-state index is 0. The average molecular weight is 554 g/mol. The Morgan fingerprint density at radius 3 is 2.50 bits per heavy atom. The van der Waals surface area contributed by atoms with Gasteiger partial charge in [0.05, 0.1) is 26.9 Å². The van der Waals surface area contributed by atoms with Crippen LogP contribution >= 0.6 is 24.0 Å². The maximum Gasteiger partial charge on any atom is 0.191 e. The molecule has 0 amide bonds. The van der Waals surface area contributed by atoms with Crippen molar-refractivity contribution in [3.8, 4) is 11.5 Å². The summed E-state index contributed by atoms with van der Waals surface area (Å²) in [6.45, 7) is 8.58. The quantitative estimate of drug-likeness (QED) is 0.251. The molecule has 0 aromatic heterocycles. The first-order chi connectivity index (χ1) is 15.2. The van der Waals surface area contributed by atoms with E-state index in [0.29, 0.717) is 25.3 Å². The number of hydrogen-bond donors (Lipinski definition) is 3. The molecule has 0 unspecified atom stereocenters. The SMILES string of the molecule is CCNC(=NCc1ccccc1CN1CCOCC1)NCCc1cccc(OC)c1O.I. The van der Waals surface area contributed by atoms with E-state index in [-0.39, 0.29) is 29.7 Å². The van der Waals surface area contributed by atoms with Gasteiger partial charge in [-0.3, -0.25) is 4.90 Å². The van der Waals surface area contributed by atoms with Crippen LogP contribution in [-0.4, -0.2) is 62.5 Å². The first-order valence-electron chi connectivity index (χ1n) is 10.9. The number of nitrogens with one attached hydrogen (secondary N) is 2. The number of benzene rings is 2. The van der Waals surface area contributed by atoms with Gasteiger partial charge in [0, 0.05) is 32.7 Å². The highest BCUT2D eigenvalue weighted by Crippen LogP contribution is 2.29. The highest BCUT2D eigenvalue weighted by atomic mass is 127. The summed E-state index contributed by atoms with van der Waals surface area (Å²) >= 11 is 0. The predicted octanol–water partition coefficient (Wildman–Crippen LogP) is 3.15. The molecule has 2 aromatic carbocycles. The first-order valence-corrected chi connectivity index (χ1v) is 10.9. The Kier molecular flexibility index (Phi) is 11.6. The topological polar surface area (TPSA) is 78.4 Å². The number of morpholine rings is 1. The van der Waals surface area contributed by atoms with Crippen LogP contribution in [0.2, 0.25) is 0 Å². The van der Waals surface area contributed by atoms with Crippen LogP contribution in [0, 0.1) is 0 Å². The summed E-state index contributed by atoms with van der Waals surface area (Å²) in [4.78, 5) is 7.22. The lowest BCUT2D eigenvalue weighted by Crippen LogP contribution is -2.38. The van der Waals surface area contributed by atoms with E-state index in [9.17, 15) is 5.11 Å². The monoisotopic (exact) mass is 554 g/mol. The van der Waals surface area contributed by atoms with E-state index in [0.717, 1.165) is 50.9 Å². The van der Waals surface area contributed by atoms with Gasteiger partial charge in [-0.25, -0.2) is 4.99 Å². The first kappa shape index (κ1) is 26.2. The zero-order valence-corrected chi connectivity index (χ0v) is 21.3. The molecule has 32 heavy (non-hydrogen) atoms. The predicted molar refractivity (Wildman–Crippen MR) is 139 cm³/mol. The largest absolute Gasteiger partial charge is 0.504 e. The molecule has 1 heterocycles. The Balaban J connectivity index is 0.00000363. The number of rotatable bonds is 9. The van der Waals surface area contributed by atoms with Crippen LogP contribution in [-0.2, 0) is 24.2 Å². The van der Waals surface area contributed by atoms with Crippen molar-refractivity contribution in [2.24, 2.45) is 4.99 Å². The fraction of sp³-hybridized carbons (Fsp3) is 0.458.